The first-order valence-electron chi connectivity index (χ1n) is 6.65. The Kier molecular flexibility index (Phi) is 4.81. The molecule has 1 aromatic rings. The van der Waals surface area contributed by atoms with E-state index in [4.69, 9.17) is 11.6 Å². The van der Waals surface area contributed by atoms with Gasteiger partial charge in [0.25, 0.3) is 0 Å². The molecule has 1 fully saturated rings. The molecular formula is C14H18ClF3N2. The van der Waals surface area contributed by atoms with Gasteiger partial charge in [0.2, 0.25) is 0 Å². The second-order valence-electron chi connectivity index (χ2n) is 5.34. The van der Waals surface area contributed by atoms with Gasteiger partial charge in [-0.3, -0.25) is 0 Å². The number of likely N-dealkylation sites (tertiary alicyclic amines) is 1. The van der Waals surface area contributed by atoms with Gasteiger partial charge in [-0.05, 0) is 50.6 Å². The Hall–Kier alpha value is -0.940. The Bertz CT molecular complexity index is 462. The van der Waals surface area contributed by atoms with Crippen molar-refractivity contribution in [2.45, 2.75) is 19.0 Å². The zero-order chi connectivity index (χ0) is 14.8. The molecule has 1 saturated heterocycles. The molecule has 2 rings (SSSR count). The van der Waals surface area contributed by atoms with Crippen LogP contribution in [0.4, 0.5) is 18.9 Å². The molecule has 1 N–H and O–H groups in total. The van der Waals surface area contributed by atoms with Crippen LogP contribution in [0.2, 0.25) is 5.02 Å². The molecule has 1 aromatic carbocycles. The highest BCUT2D eigenvalue weighted by Crippen LogP contribution is 2.36. The molecule has 0 saturated carbocycles. The molecule has 0 spiro atoms. The molecule has 112 valence electrons. The van der Waals surface area contributed by atoms with Crippen LogP contribution in [0.25, 0.3) is 0 Å². The summed E-state index contributed by atoms with van der Waals surface area (Å²) in [4.78, 5) is 2.21. The lowest BCUT2D eigenvalue weighted by Crippen LogP contribution is -2.35. The maximum absolute atomic E-state index is 12.9. The molecule has 0 radical (unpaired) electrons. The number of hydrogen-bond acceptors (Lipinski definition) is 2. The van der Waals surface area contributed by atoms with Crippen molar-refractivity contribution in [1.82, 2.24) is 4.90 Å². The largest absolute Gasteiger partial charge is 0.418 e. The molecule has 20 heavy (non-hydrogen) atoms. The van der Waals surface area contributed by atoms with Crippen LogP contribution in [-0.4, -0.2) is 31.6 Å². The SMILES string of the molecule is CN1CCCC(CNc2ccc(Cl)cc2C(F)(F)F)C1. The van der Waals surface area contributed by atoms with E-state index >= 15 is 0 Å². The van der Waals surface area contributed by atoms with E-state index < -0.39 is 11.7 Å². The maximum atomic E-state index is 12.9. The number of nitrogens with zero attached hydrogens (tertiary/aromatic N) is 1. The van der Waals surface area contributed by atoms with Gasteiger partial charge < -0.3 is 10.2 Å². The molecule has 0 amide bonds. The molecule has 6 heteroatoms. The fourth-order valence-electron chi connectivity index (χ4n) is 2.60. The first-order valence-corrected chi connectivity index (χ1v) is 7.03. The van der Waals surface area contributed by atoms with Gasteiger partial charge in [0.05, 0.1) is 5.56 Å². The number of alkyl halides is 3. The molecule has 1 aliphatic rings. The zero-order valence-electron chi connectivity index (χ0n) is 11.3. The van der Waals surface area contributed by atoms with Crippen molar-refractivity contribution in [2.75, 3.05) is 32.0 Å². The molecule has 1 aliphatic heterocycles. The minimum atomic E-state index is -4.39. The summed E-state index contributed by atoms with van der Waals surface area (Å²) >= 11 is 5.66. The lowest BCUT2D eigenvalue weighted by molar-refractivity contribution is -0.136. The van der Waals surface area contributed by atoms with Crippen molar-refractivity contribution in [2.24, 2.45) is 5.92 Å². The summed E-state index contributed by atoms with van der Waals surface area (Å²) in [5.74, 6) is 0.380. The quantitative estimate of drug-likeness (QED) is 0.904. The minimum Gasteiger partial charge on any atom is -0.384 e. The van der Waals surface area contributed by atoms with Crippen LogP contribution in [0.5, 0.6) is 0 Å². The monoisotopic (exact) mass is 306 g/mol. The first kappa shape index (κ1) is 15.4. The van der Waals surface area contributed by atoms with E-state index in [1.54, 1.807) is 0 Å². The third-order valence-electron chi connectivity index (χ3n) is 3.59. The highest BCUT2D eigenvalue weighted by atomic mass is 35.5. The van der Waals surface area contributed by atoms with Gasteiger partial charge >= 0.3 is 6.18 Å². The van der Waals surface area contributed by atoms with E-state index in [-0.39, 0.29) is 10.7 Å². The molecule has 0 aliphatic carbocycles. The third kappa shape index (κ3) is 4.03. The van der Waals surface area contributed by atoms with Crippen molar-refractivity contribution < 1.29 is 13.2 Å². The summed E-state index contributed by atoms with van der Waals surface area (Å²) < 4.78 is 38.8. The lowest BCUT2D eigenvalue weighted by Gasteiger charge is -2.30. The summed E-state index contributed by atoms with van der Waals surface area (Å²) in [5, 5.41) is 3.03. The van der Waals surface area contributed by atoms with Crippen molar-refractivity contribution >= 4 is 17.3 Å². The van der Waals surface area contributed by atoms with Crippen molar-refractivity contribution in [1.29, 1.82) is 0 Å². The first-order chi connectivity index (χ1) is 9.36. The van der Waals surface area contributed by atoms with E-state index in [0.717, 1.165) is 32.0 Å². The van der Waals surface area contributed by atoms with E-state index in [1.807, 2.05) is 7.05 Å². The van der Waals surface area contributed by atoms with Gasteiger partial charge in [-0.15, -0.1) is 0 Å². The second kappa shape index (κ2) is 6.22. The molecule has 1 atom stereocenters. The fourth-order valence-corrected chi connectivity index (χ4v) is 2.77. The number of anilines is 1. The van der Waals surface area contributed by atoms with Crippen LogP contribution < -0.4 is 5.32 Å². The van der Waals surface area contributed by atoms with Crippen LogP contribution in [0, 0.1) is 5.92 Å². The van der Waals surface area contributed by atoms with Crippen LogP contribution in [0.15, 0.2) is 18.2 Å². The Morgan fingerprint density at radius 2 is 2.15 bits per heavy atom. The van der Waals surface area contributed by atoms with Crippen molar-refractivity contribution in [3.8, 4) is 0 Å². The van der Waals surface area contributed by atoms with Gasteiger partial charge in [0.15, 0.2) is 0 Å². The number of halogens is 4. The summed E-state index contributed by atoms with van der Waals surface area (Å²) in [6, 6.07) is 3.85. The van der Waals surface area contributed by atoms with Gasteiger partial charge in [-0.25, -0.2) is 0 Å². The average Bonchev–Trinajstić information content (AvgIpc) is 2.36. The summed E-state index contributed by atoms with van der Waals surface area (Å²) in [5.41, 5.74) is -0.593. The predicted octanol–water partition coefficient (Wildman–Crippen LogP) is 4.11. The standard InChI is InChI=1S/C14H18ClF3N2/c1-20-6-2-3-10(9-20)8-19-13-5-4-11(15)7-12(13)14(16,17)18/h4-5,7,10,19H,2-3,6,8-9H2,1H3. The predicted molar refractivity (Wildman–Crippen MR) is 75.2 cm³/mol. The Labute approximate surface area is 121 Å². The molecule has 1 unspecified atom stereocenters. The van der Waals surface area contributed by atoms with E-state index in [1.165, 1.54) is 12.1 Å². The van der Waals surface area contributed by atoms with Crippen molar-refractivity contribution in [3.63, 3.8) is 0 Å². The number of rotatable bonds is 3. The van der Waals surface area contributed by atoms with Crippen LogP contribution in [0.1, 0.15) is 18.4 Å². The Balaban J connectivity index is 2.05. The van der Waals surface area contributed by atoms with Crippen molar-refractivity contribution in [3.05, 3.63) is 28.8 Å². The lowest BCUT2D eigenvalue weighted by atomic mass is 9.98. The number of nitrogens with one attached hydrogen (secondary N) is 1. The summed E-state index contributed by atoms with van der Waals surface area (Å²) in [6.07, 6.45) is -2.25. The normalized spacial score (nSPS) is 20.9. The van der Waals surface area contributed by atoms with Crippen LogP contribution in [0.3, 0.4) is 0 Å². The van der Waals surface area contributed by atoms with Gasteiger partial charge in [-0.2, -0.15) is 13.2 Å². The highest BCUT2D eigenvalue weighted by Gasteiger charge is 2.34. The van der Waals surface area contributed by atoms with E-state index in [2.05, 4.69) is 10.2 Å². The molecular weight excluding hydrogens is 289 g/mol. The zero-order valence-corrected chi connectivity index (χ0v) is 12.1. The molecule has 0 aromatic heterocycles. The summed E-state index contributed by atoms with van der Waals surface area (Å²) in [6.45, 7) is 2.53. The smallest absolute Gasteiger partial charge is 0.384 e. The van der Waals surface area contributed by atoms with Crippen LogP contribution >= 0.6 is 11.6 Å². The van der Waals surface area contributed by atoms with Crippen LogP contribution in [-0.2, 0) is 6.18 Å². The number of hydrogen-bond donors (Lipinski definition) is 1. The van der Waals surface area contributed by atoms with E-state index in [0.29, 0.717) is 12.5 Å². The average molecular weight is 307 g/mol. The number of benzene rings is 1. The third-order valence-corrected chi connectivity index (χ3v) is 3.83. The Morgan fingerprint density at radius 1 is 1.40 bits per heavy atom. The van der Waals surface area contributed by atoms with E-state index in [9.17, 15) is 13.2 Å². The Morgan fingerprint density at radius 3 is 2.80 bits per heavy atom. The number of piperidine rings is 1. The minimum absolute atomic E-state index is 0.0975. The molecule has 0 bridgehead atoms. The van der Waals surface area contributed by atoms with Gasteiger partial charge in [-0.1, -0.05) is 11.6 Å². The van der Waals surface area contributed by atoms with Gasteiger partial charge in [0, 0.05) is 23.8 Å². The maximum Gasteiger partial charge on any atom is 0.418 e. The summed E-state index contributed by atoms with van der Waals surface area (Å²) in [7, 11) is 2.04. The topological polar surface area (TPSA) is 15.3 Å². The highest BCUT2D eigenvalue weighted by molar-refractivity contribution is 6.30. The van der Waals surface area contributed by atoms with Gasteiger partial charge in [0.1, 0.15) is 0 Å². The molecule has 1 heterocycles. The fraction of sp³-hybridized carbons (Fsp3) is 0.571. The second-order valence-corrected chi connectivity index (χ2v) is 5.78. The molecule has 2 nitrogen and oxygen atoms in total.